The zero-order valence-electron chi connectivity index (χ0n) is 9.93. The minimum atomic E-state index is -0.465. The number of methoxy groups -OCH3 is 1. The first-order valence-electron chi connectivity index (χ1n) is 5.52. The Morgan fingerprint density at radius 2 is 2.06 bits per heavy atom. The van der Waals surface area contributed by atoms with E-state index in [-0.39, 0.29) is 0 Å². The molecule has 1 aliphatic rings. The second-order valence-corrected chi connectivity index (χ2v) is 5.57. The molecular formula is C13H17BrO2. The van der Waals surface area contributed by atoms with Gasteiger partial charge in [0, 0.05) is 10.9 Å². The van der Waals surface area contributed by atoms with Crippen LogP contribution in [0.3, 0.4) is 0 Å². The molecule has 1 aliphatic carbocycles. The van der Waals surface area contributed by atoms with E-state index >= 15 is 0 Å². The summed E-state index contributed by atoms with van der Waals surface area (Å²) in [7, 11) is 1.69. The molecule has 3 heteroatoms. The number of benzene rings is 1. The van der Waals surface area contributed by atoms with Crippen molar-refractivity contribution in [2.75, 3.05) is 7.11 Å². The first-order valence-corrected chi connectivity index (χ1v) is 6.31. The number of halogens is 1. The van der Waals surface area contributed by atoms with Gasteiger partial charge in [-0.15, -0.1) is 0 Å². The van der Waals surface area contributed by atoms with E-state index < -0.39 is 5.60 Å². The van der Waals surface area contributed by atoms with Crippen molar-refractivity contribution in [2.24, 2.45) is 0 Å². The van der Waals surface area contributed by atoms with Crippen molar-refractivity contribution in [1.82, 2.24) is 0 Å². The van der Waals surface area contributed by atoms with Crippen LogP contribution < -0.4 is 4.74 Å². The van der Waals surface area contributed by atoms with Crippen molar-refractivity contribution in [1.29, 1.82) is 0 Å². The minimum Gasteiger partial charge on any atom is -0.496 e. The largest absolute Gasteiger partial charge is 0.496 e. The molecule has 1 aromatic rings. The van der Waals surface area contributed by atoms with Crippen LogP contribution in [-0.4, -0.2) is 17.8 Å². The standard InChI is InChI=1S/C13H17BrO2/c1-8-6-11(14)10(7-13(15)4-5-13)9(2)12(8)16-3/h6,15H,4-5,7H2,1-3H3. The molecule has 0 heterocycles. The molecular weight excluding hydrogens is 268 g/mol. The molecule has 0 spiro atoms. The fourth-order valence-corrected chi connectivity index (χ4v) is 2.92. The quantitative estimate of drug-likeness (QED) is 0.924. The van der Waals surface area contributed by atoms with Crippen LogP contribution in [0.2, 0.25) is 0 Å². The van der Waals surface area contributed by atoms with Gasteiger partial charge in [-0.05, 0) is 49.4 Å². The van der Waals surface area contributed by atoms with Crippen molar-refractivity contribution in [3.05, 3.63) is 27.2 Å². The van der Waals surface area contributed by atoms with Gasteiger partial charge in [0.25, 0.3) is 0 Å². The number of ether oxygens (including phenoxy) is 1. The van der Waals surface area contributed by atoms with Gasteiger partial charge in [0.2, 0.25) is 0 Å². The zero-order chi connectivity index (χ0) is 11.9. The Kier molecular flexibility index (Phi) is 3.01. The third kappa shape index (κ3) is 2.11. The van der Waals surface area contributed by atoms with Gasteiger partial charge >= 0.3 is 0 Å². The molecule has 0 saturated heterocycles. The molecule has 1 fully saturated rings. The molecule has 0 unspecified atom stereocenters. The first kappa shape index (κ1) is 11.9. The number of hydrogen-bond donors (Lipinski definition) is 1. The summed E-state index contributed by atoms with van der Waals surface area (Å²) in [6.07, 6.45) is 2.54. The summed E-state index contributed by atoms with van der Waals surface area (Å²) in [6, 6.07) is 2.06. The van der Waals surface area contributed by atoms with E-state index in [9.17, 15) is 5.11 Å². The van der Waals surface area contributed by atoms with Crippen LogP contribution in [0, 0.1) is 13.8 Å². The highest BCUT2D eigenvalue weighted by Gasteiger charge is 2.41. The van der Waals surface area contributed by atoms with Crippen LogP contribution in [0.25, 0.3) is 0 Å². The molecule has 16 heavy (non-hydrogen) atoms. The van der Waals surface area contributed by atoms with E-state index in [2.05, 4.69) is 28.9 Å². The number of aryl methyl sites for hydroxylation is 1. The van der Waals surface area contributed by atoms with Crippen molar-refractivity contribution >= 4 is 15.9 Å². The highest BCUT2D eigenvalue weighted by atomic mass is 79.9. The van der Waals surface area contributed by atoms with Gasteiger partial charge in [0.1, 0.15) is 5.75 Å². The van der Waals surface area contributed by atoms with Crippen LogP contribution in [0.1, 0.15) is 29.5 Å². The van der Waals surface area contributed by atoms with Gasteiger partial charge in [-0.2, -0.15) is 0 Å². The Morgan fingerprint density at radius 1 is 1.44 bits per heavy atom. The summed E-state index contributed by atoms with van der Waals surface area (Å²) in [5.74, 6) is 0.933. The second-order valence-electron chi connectivity index (χ2n) is 4.71. The lowest BCUT2D eigenvalue weighted by atomic mass is 9.98. The van der Waals surface area contributed by atoms with Gasteiger partial charge in [0.05, 0.1) is 12.7 Å². The maximum absolute atomic E-state index is 10.0. The van der Waals surface area contributed by atoms with E-state index in [4.69, 9.17) is 4.74 Å². The van der Waals surface area contributed by atoms with E-state index in [1.54, 1.807) is 7.11 Å². The maximum atomic E-state index is 10.0. The van der Waals surface area contributed by atoms with Crippen LogP contribution in [0.15, 0.2) is 10.5 Å². The van der Waals surface area contributed by atoms with Crippen molar-refractivity contribution in [3.63, 3.8) is 0 Å². The topological polar surface area (TPSA) is 29.5 Å². The normalized spacial score (nSPS) is 17.3. The lowest BCUT2D eigenvalue weighted by molar-refractivity contribution is 0.150. The Labute approximate surface area is 105 Å². The summed E-state index contributed by atoms with van der Waals surface area (Å²) in [5.41, 5.74) is 2.96. The monoisotopic (exact) mass is 284 g/mol. The average Bonchev–Trinajstić information content (AvgIpc) is 2.92. The third-order valence-electron chi connectivity index (χ3n) is 3.32. The van der Waals surface area contributed by atoms with Gasteiger partial charge in [-0.3, -0.25) is 0 Å². The van der Waals surface area contributed by atoms with Crippen molar-refractivity contribution < 1.29 is 9.84 Å². The van der Waals surface area contributed by atoms with Gasteiger partial charge in [0.15, 0.2) is 0 Å². The Morgan fingerprint density at radius 3 is 2.56 bits per heavy atom. The molecule has 1 saturated carbocycles. The van der Waals surface area contributed by atoms with Crippen LogP contribution >= 0.6 is 15.9 Å². The van der Waals surface area contributed by atoms with Crippen LogP contribution in [0.5, 0.6) is 5.75 Å². The van der Waals surface area contributed by atoms with E-state index in [1.165, 1.54) is 5.56 Å². The molecule has 1 aromatic carbocycles. The highest BCUT2D eigenvalue weighted by Crippen LogP contribution is 2.42. The van der Waals surface area contributed by atoms with E-state index in [1.807, 2.05) is 6.92 Å². The minimum absolute atomic E-state index is 0.465. The van der Waals surface area contributed by atoms with Gasteiger partial charge < -0.3 is 9.84 Å². The lowest BCUT2D eigenvalue weighted by Gasteiger charge is -2.17. The Bertz CT molecular complexity index is 422. The predicted molar refractivity (Wildman–Crippen MR) is 68.1 cm³/mol. The molecule has 88 valence electrons. The Balaban J connectivity index is 2.43. The zero-order valence-corrected chi connectivity index (χ0v) is 11.5. The molecule has 0 aliphatic heterocycles. The fourth-order valence-electron chi connectivity index (χ4n) is 2.14. The molecule has 0 aromatic heterocycles. The van der Waals surface area contributed by atoms with Gasteiger partial charge in [-0.25, -0.2) is 0 Å². The van der Waals surface area contributed by atoms with E-state index in [0.717, 1.165) is 40.6 Å². The summed E-state index contributed by atoms with van der Waals surface area (Å²) >= 11 is 3.58. The first-order chi connectivity index (χ1) is 7.47. The summed E-state index contributed by atoms with van der Waals surface area (Å²) in [4.78, 5) is 0. The van der Waals surface area contributed by atoms with Crippen molar-refractivity contribution in [2.45, 2.75) is 38.7 Å². The maximum Gasteiger partial charge on any atom is 0.125 e. The SMILES string of the molecule is COc1c(C)cc(Br)c(CC2(O)CC2)c1C. The summed E-state index contributed by atoms with van der Waals surface area (Å²) in [5, 5.41) is 10.0. The van der Waals surface area contributed by atoms with Gasteiger partial charge in [-0.1, -0.05) is 15.9 Å². The molecule has 2 nitrogen and oxygen atoms in total. The molecule has 0 amide bonds. The van der Waals surface area contributed by atoms with Crippen molar-refractivity contribution in [3.8, 4) is 5.75 Å². The number of hydrogen-bond acceptors (Lipinski definition) is 2. The lowest BCUT2D eigenvalue weighted by Crippen LogP contribution is -2.13. The third-order valence-corrected chi connectivity index (χ3v) is 4.03. The second kappa shape index (κ2) is 4.04. The number of rotatable bonds is 3. The molecule has 0 bridgehead atoms. The smallest absolute Gasteiger partial charge is 0.125 e. The highest BCUT2D eigenvalue weighted by molar-refractivity contribution is 9.10. The van der Waals surface area contributed by atoms with Crippen LogP contribution in [-0.2, 0) is 6.42 Å². The molecule has 0 radical (unpaired) electrons. The molecule has 2 rings (SSSR count). The van der Waals surface area contributed by atoms with E-state index in [0.29, 0.717) is 0 Å². The Hall–Kier alpha value is -0.540. The average molecular weight is 285 g/mol. The fraction of sp³-hybridized carbons (Fsp3) is 0.538. The summed E-state index contributed by atoms with van der Waals surface area (Å²) in [6.45, 7) is 4.09. The molecule has 1 N–H and O–H groups in total. The van der Waals surface area contributed by atoms with Crippen LogP contribution in [0.4, 0.5) is 0 Å². The summed E-state index contributed by atoms with van der Waals surface area (Å²) < 4.78 is 6.48. The predicted octanol–water partition coefficient (Wildman–Crippen LogP) is 3.14. The number of aliphatic hydroxyl groups is 1. The molecule has 0 atom stereocenters.